The van der Waals surface area contributed by atoms with E-state index in [0.29, 0.717) is 36.6 Å². The summed E-state index contributed by atoms with van der Waals surface area (Å²) in [4.78, 5) is 20.5. The molecule has 0 saturated heterocycles. The van der Waals surface area contributed by atoms with Crippen molar-refractivity contribution in [2.45, 2.75) is 125 Å². The molecule has 1 aromatic carbocycles. The molecule has 0 radical (unpaired) electrons. The van der Waals surface area contributed by atoms with Gasteiger partial charge in [-0.2, -0.15) is 0 Å². The van der Waals surface area contributed by atoms with Crippen molar-refractivity contribution < 1.29 is 19.1 Å². The monoisotopic (exact) mass is 778 g/mol. The van der Waals surface area contributed by atoms with Gasteiger partial charge in [-0.1, -0.05) is 77.1 Å². The van der Waals surface area contributed by atoms with Crippen LogP contribution in [0.5, 0.6) is 0 Å². The first-order valence-electron chi connectivity index (χ1n) is 22.3. The summed E-state index contributed by atoms with van der Waals surface area (Å²) < 4.78 is 7.25. The molecule has 4 aliphatic carbocycles. The second-order valence-electron chi connectivity index (χ2n) is 19.1. The lowest BCUT2D eigenvalue weighted by Crippen LogP contribution is -2.54. The molecule has 0 bridgehead atoms. The van der Waals surface area contributed by atoms with E-state index in [1.54, 1.807) is 11.8 Å². The fourth-order valence-corrected chi connectivity index (χ4v) is 12.5. The van der Waals surface area contributed by atoms with Crippen molar-refractivity contribution in [2.75, 3.05) is 57.7 Å². The van der Waals surface area contributed by atoms with Gasteiger partial charge in [0, 0.05) is 41.8 Å². The van der Waals surface area contributed by atoms with Crippen molar-refractivity contribution >= 4 is 34.3 Å². The summed E-state index contributed by atoms with van der Waals surface area (Å²) >= 11 is 6.24. The van der Waals surface area contributed by atoms with Crippen molar-refractivity contribution in [1.82, 2.24) is 9.88 Å². The number of anilines is 1. The number of benzene rings is 1. The zero-order valence-electron chi connectivity index (χ0n) is 35.4. The average molecular weight is 779 g/mol. The highest BCUT2D eigenvalue weighted by Gasteiger charge is 2.59. The quantitative estimate of drug-likeness (QED) is 0.124. The van der Waals surface area contributed by atoms with Gasteiger partial charge in [0.1, 0.15) is 12.6 Å². The molecule has 8 heteroatoms. The number of halogens is 1. The number of aromatic nitrogens is 1. The number of nitrogens with zero attached hydrogens (tertiary/aromatic N) is 3. The molecule has 1 amide bonds. The van der Waals surface area contributed by atoms with Crippen LogP contribution in [0.4, 0.5) is 10.5 Å². The Bertz CT molecular complexity index is 1630. The molecule has 1 heterocycles. The Balaban J connectivity index is 1.11. The predicted octanol–water partition coefficient (Wildman–Crippen LogP) is 11.0. The Hall–Kier alpha value is -2.35. The van der Waals surface area contributed by atoms with Gasteiger partial charge in [0.25, 0.3) is 0 Å². The van der Waals surface area contributed by atoms with E-state index in [4.69, 9.17) is 16.3 Å². The summed E-state index contributed by atoms with van der Waals surface area (Å²) in [5, 5.41) is 15.1. The third-order valence-corrected chi connectivity index (χ3v) is 16.2. The molecular weight excluding hydrogens is 704 g/mol. The first-order chi connectivity index (χ1) is 26.4. The number of aliphatic hydroxyl groups is 1. The van der Waals surface area contributed by atoms with Crippen LogP contribution in [0.3, 0.4) is 0 Å². The third kappa shape index (κ3) is 9.04. The zero-order valence-corrected chi connectivity index (χ0v) is 36.2. The number of pyridine rings is 1. The molecule has 55 heavy (non-hydrogen) atoms. The number of carbonyl (C=O) groups is 1. The summed E-state index contributed by atoms with van der Waals surface area (Å²) in [6.07, 6.45) is 18.0. The van der Waals surface area contributed by atoms with Crippen LogP contribution in [0.15, 0.2) is 42.1 Å². The molecule has 3 saturated carbocycles. The topological polar surface area (TPSA) is 74.7 Å². The highest BCUT2D eigenvalue weighted by molar-refractivity contribution is 6.31. The van der Waals surface area contributed by atoms with Crippen molar-refractivity contribution in [3.05, 3.63) is 47.1 Å². The van der Waals surface area contributed by atoms with Crippen LogP contribution in [0.2, 0.25) is 5.02 Å². The number of nitrogens with one attached hydrogen (secondary N) is 1. The second-order valence-corrected chi connectivity index (χ2v) is 19.6. The van der Waals surface area contributed by atoms with E-state index >= 15 is 0 Å². The van der Waals surface area contributed by atoms with E-state index in [2.05, 4.69) is 64.8 Å². The van der Waals surface area contributed by atoms with Crippen LogP contribution in [-0.4, -0.2) is 84.1 Å². The van der Waals surface area contributed by atoms with Crippen molar-refractivity contribution in [1.29, 1.82) is 0 Å². The minimum atomic E-state index is -0.210. The molecule has 3 fully saturated rings. The number of likely N-dealkylation sites (N-methyl/N-ethyl adjacent to an activating group) is 1. The number of hydrogen-bond acceptors (Lipinski definition) is 5. The molecule has 7 nitrogen and oxygen atoms in total. The van der Waals surface area contributed by atoms with Crippen molar-refractivity contribution in [3.8, 4) is 0 Å². The minimum Gasteiger partial charge on any atom is -0.446 e. The van der Waals surface area contributed by atoms with Crippen LogP contribution < -0.4 is 5.32 Å². The Kier molecular flexibility index (Phi) is 13.9. The fourth-order valence-electron chi connectivity index (χ4n) is 12.4. The van der Waals surface area contributed by atoms with Crippen LogP contribution in [0, 0.1) is 46.3 Å². The Labute approximate surface area is 338 Å². The number of quaternary nitrogens is 1. The van der Waals surface area contributed by atoms with E-state index in [1.165, 1.54) is 51.4 Å². The van der Waals surface area contributed by atoms with Crippen LogP contribution in [0.1, 0.15) is 119 Å². The summed E-state index contributed by atoms with van der Waals surface area (Å²) in [7, 11) is 0. The molecule has 0 spiro atoms. The first kappa shape index (κ1) is 42.3. The molecule has 0 unspecified atom stereocenters. The molecule has 0 aliphatic heterocycles. The Morgan fingerprint density at radius 3 is 2.58 bits per heavy atom. The summed E-state index contributed by atoms with van der Waals surface area (Å²) in [6.45, 7) is 22.1. The number of aliphatic hydroxyl groups excluding tert-OH is 1. The van der Waals surface area contributed by atoms with E-state index < -0.39 is 0 Å². The van der Waals surface area contributed by atoms with Crippen molar-refractivity contribution in [3.63, 3.8) is 0 Å². The second kappa shape index (κ2) is 18.1. The summed E-state index contributed by atoms with van der Waals surface area (Å²) in [5.74, 6) is 4.92. The van der Waals surface area contributed by atoms with Gasteiger partial charge in [0.05, 0.1) is 38.3 Å². The number of carbonyl (C=O) groups excluding carboxylic acids is 1. The van der Waals surface area contributed by atoms with Gasteiger partial charge < -0.3 is 24.5 Å². The Morgan fingerprint density at radius 2 is 1.84 bits per heavy atom. The number of rotatable bonds is 17. The van der Waals surface area contributed by atoms with Gasteiger partial charge in [-0.15, -0.1) is 0 Å². The standard InChI is InChI=1S/C47H74ClN4O3/c1-8-52(9-2,29-30-53)28-27-51(26-25-50-43-21-24-49-44-32-36(48)14-16-39(43)44)45(54)55-37-19-22-46(6)35(31-37)13-15-38-41-18-17-40(34(5)12-10-11-33(3)4)47(41,7)23-20-42(38)46/h13-14,16,21,24,32-34,37-38,40-42,53H,8-12,15,17-20,22-23,25-31H2,1-7H3,(H,49,50)/q+1/t34-,37+,38+,40-,41+,42+,46+,47-/m1/s1. The maximum atomic E-state index is 14.1. The molecular formula is C47H74ClN4O3+. The molecule has 2 aromatic rings. The fraction of sp³-hybridized carbons (Fsp3) is 0.745. The van der Waals surface area contributed by atoms with Gasteiger partial charge in [0.15, 0.2) is 0 Å². The average Bonchev–Trinajstić information content (AvgIpc) is 3.52. The molecule has 4 aliphatic rings. The molecule has 306 valence electrons. The number of fused-ring (bicyclic) bond motifs is 6. The zero-order chi connectivity index (χ0) is 39.4. The highest BCUT2D eigenvalue weighted by Crippen LogP contribution is 2.67. The lowest BCUT2D eigenvalue weighted by atomic mass is 9.47. The van der Waals surface area contributed by atoms with E-state index in [1.807, 2.05) is 29.2 Å². The maximum absolute atomic E-state index is 14.1. The smallest absolute Gasteiger partial charge is 0.410 e. The van der Waals surface area contributed by atoms with Gasteiger partial charge >= 0.3 is 6.09 Å². The number of ether oxygens (including phenoxy) is 1. The van der Waals surface area contributed by atoms with Crippen LogP contribution in [0.25, 0.3) is 10.9 Å². The lowest BCUT2D eigenvalue weighted by molar-refractivity contribution is -0.924. The van der Waals surface area contributed by atoms with E-state index in [-0.39, 0.29) is 24.2 Å². The van der Waals surface area contributed by atoms with Crippen LogP contribution in [-0.2, 0) is 4.74 Å². The highest BCUT2D eigenvalue weighted by atomic mass is 35.5. The first-order valence-corrected chi connectivity index (χ1v) is 22.6. The molecule has 6 rings (SSSR count). The molecule has 1 aromatic heterocycles. The van der Waals surface area contributed by atoms with E-state index in [0.717, 1.165) is 95.5 Å². The maximum Gasteiger partial charge on any atom is 0.410 e. The van der Waals surface area contributed by atoms with Gasteiger partial charge in [0.2, 0.25) is 0 Å². The molecule has 8 atom stereocenters. The predicted molar refractivity (Wildman–Crippen MR) is 228 cm³/mol. The third-order valence-electron chi connectivity index (χ3n) is 15.9. The summed E-state index contributed by atoms with van der Waals surface area (Å²) in [5.41, 5.74) is 4.09. The van der Waals surface area contributed by atoms with Gasteiger partial charge in [-0.3, -0.25) is 4.98 Å². The van der Waals surface area contributed by atoms with Gasteiger partial charge in [-0.05, 0) is 129 Å². The SMILES string of the molecule is CC[N+](CC)(CCO)CCN(CCNc1ccnc2cc(Cl)ccc12)C(=O)O[C@H]1CC[C@@]2(C)C(=CC[C@H]3[C@@H]4CC[C@H]([C@H](C)CCCC(C)C)[C@@]4(C)CC[C@@H]32)C1. The Morgan fingerprint density at radius 1 is 1.04 bits per heavy atom. The summed E-state index contributed by atoms with van der Waals surface area (Å²) in [6, 6.07) is 7.74. The number of allylic oxidation sites excluding steroid dienone is 1. The largest absolute Gasteiger partial charge is 0.446 e. The number of amides is 1. The minimum absolute atomic E-state index is 0.0850. The number of hydrogen-bond donors (Lipinski definition) is 2. The van der Waals surface area contributed by atoms with Gasteiger partial charge in [-0.25, -0.2) is 4.79 Å². The van der Waals surface area contributed by atoms with E-state index in [9.17, 15) is 9.90 Å². The van der Waals surface area contributed by atoms with Crippen LogP contribution >= 0.6 is 11.6 Å². The van der Waals surface area contributed by atoms with Crippen molar-refractivity contribution in [2.24, 2.45) is 46.3 Å². The lowest BCUT2D eigenvalue weighted by Gasteiger charge is -2.58. The molecule has 2 N–H and O–H groups in total. The normalized spacial score (nSPS) is 29.6.